The number of aromatic nitrogens is 3. The Bertz CT molecular complexity index is 1300. The third-order valence-corrected chi connectivity index (χ3v) is 6.28. The van der Waals surface area contributed by atoms with Crippen molar-refractivity contribution in [3.8, 4) is 0 Å². The summed E-state index contributed by atoms with van der Waals surface area (Å²) in [4.78, 5) is 24.4. The number of nitrogen functional groups attached to an aromatic ring is 1. The Morgan fingerprint density at radius 1 is 1.09 bits per heavy atom. The summed E-state index contributed by atoms with van der Waals surface area (Å²) in [6.45, 7) is 5.30. The van der Waals surface area contributed by atoms with Crippen LogP contribution in [0.1, 0.15) is 16.8 Å². The van der Waals surface area contributed by atoms with Gasteiger partial charge in [0.15, 0.2) is 5.65 Å². The Kier molecular flexibility index (Phi) is 6.13. The van der Waals surface area contributed by atoms with E-state index in [2.05, 4.69) is 5.32 Å². The van der Waals surface area contributed by atoms with Gasteiger partial charge in [-0.25, -0.2) is 9.97 Å². The number of anilines is 2. The van der Waals surface area contributed by atoms with Crippen molar-refractivity contribution in [2.24, 2.45) is 0 Å². The highest BCUT2D eigenvalue weighted by Gasteiger charge is 2.24. The molecule has 2 aromatic heterocycles. The number of ether oxygens (including phenoxy) is 1. The molecule has 4 aromatic rings. The number of benzene rings is 2. The predicted octanol–water partition coefficient (Wildman–Crippen LogP) is 2.38. The fourth-order valence-corrected chi connectivity index (χ4v) is 4.42. The fourth-order valence-electron chi connectivity index (χ4n) is 4.29. The van der Waals surface area contributed by atoms with E-state index in [1.165, 1.54) is 4.90 Å². The smallest absolute Gasteiger partial charge is 0.261 e. The van der Waals surface area contributed by atoms with E-state index in [0.717, 1.165) is 50.3 Å². The van der Waals surface area contributed by atoms with Gasteiger partial charge in [0.25, 0.3) is 5.91 Å². The Balaban J connectivity index is 1.50. The van der Waals surface area contributed by atoms with E-state index in [4.69, 9.17) is 32.0 Å². The van der Waals surface area contributed by atoms with Gasteiger partial charge >= 0.3 is 0 Å². The monoisotopic (exact) mass is 465 g/mol. The third kappa shape index (κ3) is 4.50. The van der Waals surface area contributed by atoms with Gasteiger partial charge in [-0.2, -0.15) is 0 Å². The number of nitrogens with two attached hydrogens (primary N) is 1. The van der Waals surface area contributed by atoms with Crippen LogP contribution in [0.5, 0.6) is 0 Å². The largest absolute Gasteiger partial charge is 0.384 e. The number of amides is 1. The number of halogens is 1. The van der Waals surface area contributed by atoms with Crippen LogP contribution in [0.25, 0.3) is 22.2 Å². The number of nitrogens with zero attached hydrogens (tertiary/aromatic N) is 3. The van der Waals surface area contributed by atoms with E-state index in [1.807, 2.05) is 28.8 Å². The second-order valence-electron chi connectivity index (χ2n) is 8.22. The van der Waals surface area contributed by atoms with Crippen LogP contribution in [0.15, 0.2) is 48.5 Å². The van der Waals surface area contributed by atoms with Gasteiger partial charge in [-0.3, -0.25) is 4.79 Å². The van der Waals surface area contributed by atoms with E-state index in [9.17, 15) is 4.79 Å². The summed E-state index contributed by atoms with van der Waals surface area (Å²) in [5.74, 6) is 0.0608. The molecule has 1 amide bonds. The zero-order chi connectivity index (χ0) is 22.8. The van der Waals surface area contributed by atoms with Crippen molar-refractivity contribution in [1.82, 2.24) is 14.5 Å². The number of fused-ring (bicyclic) bond motifs is 2. The van der Waals surface area contributed by atoms with Gasteiger partial charge in [-0.05, 0) is 36.4 Å². The average Bonchev–Trinajstić information content (AvgIpc) is 3.10. The summed E-state index contributed by atoms with van der Waals surface area (Å²) >= 11 is 5.97. The maximum Gasteiger partial charge on any atom is 0.261 e. The van der Waals surface area contributed by atoms with Gasteiger partial charge in [-0.15, -0.1) is 0 Å². The van der Waals surface area contributed by atoms with Gasteiger partial charge in [0.05, 0.1) is 30.8 Å². The molecule has 0 aliphatic carbocycles. The molecule has 170 valence electrons. The minimum absolute atomic E-state index is 0.318. The van der Waals surface area contributed by atoms with E-state index < -0.39 is 0 Å². The van der Waals surface area contributed by atoms with Crippen LogP contribution < -0.4 is 16.0 Å². The summed E-state index contributed by atoms with van der Waals surface area (Å²) < 4.78 is 7.37. The average molecular weight is 466 g/mol. The number of hydrogen-bond acceptors (Lipinski definition) is 5. The summed E-state index contributed by atoms with van der Waals surface area (Å²) in [6.07, 6.45) is 0.913. The summed E-state index contributed by atoms with van der Waals surface area (Å²) in [5.41, 5.74) is 10.2. The number of morpholine rings is 1. The van der Waals surface area contributed by atoms with Gasteiger partial charge in [0, 0.05) is 23.7 Å². The second kappa shape index (κ2) is 9.35. The lowest BCUT2D eigenvalue weighted by Crippen LogP contribution is -3.14. The van der Waals surface area contributed by atoms with Crippen LogP contribution >= 0.6 is 11.6 Å². The van der Waals surface area contributed by atoms with Crippen LogP contribution in [0.4, 0.5) is 11.5 Å². The van der Waals surface area contributed by atoms with E-state index >= 15 is 0 Å². The number of carbonyl (C=O) groups is 1. The highest BCUT2D eigenvalue weighted by Crippen LogP contribution is 2.29. The Labute approximate surface area is 196 Å². The minimum atomic E-state index is -0.318. The molecule has 5 rings (SSSR count). The van der Waals surface area contributed by atoms with Crippen molar-refractivity contribution in [3.05, 3.63) is 59.1 Å². The molecule has 3 heterocycles. The fraction of sp³-hybridized carbons (Fsp3) is 0.292. The molecule has 1 fully saturated rings. The molecule has 0 saturated carbocycles. The number of aryl methyl sites for hydroxylation is 1. The zero-order valence-electron chi connectivity index (χ0n) is 18.2. The van der Waals surface area contributed by atoms with E-state index in [-0.39, 0.29) is 5.91 Å². The van der Waals surface area contributed by atoms with Gasteiger partial charge in [-0.1, -0.05) is 23.7 Å². The molecule has 0 unspecified atom stereocenters. The number of rotatable bonds is 6. The third-order valence-electron chi connectivity index (χ3n) is 6.03. The molecular weight excluding hydrogens is 440 g/mol. The molecule has 1 saturated heterocycles. The topological polar surface area (TPSA) is 99.5 Å². The lowest BCUT2D eigenvalue weighted by molar-refractivity contribution is -0.908. The molecule has 8 nitrogen and oxygen atoms in total. The molecule has 0 spiro atoms. The van der Waals surface area contributed by atoms with Gasteiger partial charge in [0.1, 0.15) is 30.0 Å². The zero-order valence-corrected chi connectivity index (χ0v) is 18.9. The molecule has 0 bridgehead atoms. The minimum Gasteiger partial charge on any atom is -0.384 e. The quantitative estimate of drug-likeness (QED) is 0.406. The highest BCUT2D eigenvalue weighted by molar-refractivity contribution is 6.30. The predicted molar refractivity (Wildman–Crippen MR) is 130 cm³/mol. The van der Waals surface area contributed by atoms with Crippen molar-refractivity contribution in [2.45, 2.75) is 13.0 Å². The number of quaternary nitrogens is 1. The number of hydrogen-bond donors (Lipinski definition) is 3. The maximum atomic E-state index is 13.3. The number of para-hydroxylation sites is 2. The van der Waals surface area contributed by atoms with E-state index in [0.29, 0.717) is 39.8 Å². The van der Waals surface area contributed by atoms with Crippen LogP contribution in [-0.2, 0) is 11.3 Å². The van der Waals surface area contributed by atoms with Crippen molar-refractivity contribution < 1.29 is 14.4 Å². The number of carbonyl (C=O) groups excluding carboxylic acids is 1. The van der Waals surface area contributed by atoms with Crippen LogP contribution in [0.3, 0.4) is 0 Å². The lowest BCUT2D eigenvalue weighted by atomic mass is 10.2. The highest BCUT2D eigenvalue weighted by atomic mass is 35.5. The number of nitrogens with one attached hydrogen (secondary N) is 2. The first-order valence-corrected chi connectivity index (χ1v) is 11.5. The first-order chi connectivity index (χ1) is 16.1. The van der Waals surface area contributed by atoms with Crippen LogP contribution in [-0.4, -0.2) is 53.3 Å². The molecule has 9 heteroatoms. The molecular formula is C24H26ClN6O2+. The summed E-state index contributed by atoms with van der Waals surface area (Å²) in [7, 11) is 0. The van der Waals surface area contributed by atoms with E-state index in [1.54, 1.807) is 24.3 Å². The first kappa shape index (κ1) is 21.6. The van der Waals surface area contributed by atoms with Crippen LogP contribution in [0, 0.1) is 0 Å². The standard InChI is InChI=1S/C24H25ClN6O2/c25-16-6-8-17(9-7-16)27-24(32)20-21-23(29-19-5-2-1-4-18(19)28-21)31(22(20)26)11-3-10-30-12-14-33-15-13-30/h1-2,4-9H,3,10-15,26H2,(H,27,32)/p+1. The second-order valence-corrected chi connectivity index (χ2v) is 8.66. The lowest BCUT2D eigenvalue weighted by Gasteiger charge is -2.23. The Morgan fingerprint density at radius 3 is 2.52 bits per heavy atom. The molecule has 0 atom stereocenters. The van der Waals surface area contributed by atoms with Gasteiger partial charge < -0.3 is 25.3 Å². The summed E-state index contributed by atoms with van der Waals surface area (Å²) in [5, 5.41) is 3.51. The van der Waals surface area contributed by atoms with Crippen molar-refractivity contribution >= 4 is 51.2 Å². The SMILES string of the molecule is Nc1c(C(=O)Nc2ccc(Cl)cc2)c2nc3ccccc3nc2n1CCC[NH+]1CCOCC1. The molecule has 0 radical (unpaired) electrons. The van der Waals surface area contributed by atoms with Crippen molar-refractivity contribution in [1.29, 1.82) is 0 Å². The van der Waals surface area contributed by atoms with Gasteiger partial charge in [0.2, 0.25) is 0 Å². The molecule has 4 N–H and O–H groups in total. The maximum absolute atomic E-state index is 13.3. The Morgan fingerprint density at radius 2 is 1.79 bits per heavy atom. The molecule has 33 heavy (non-hydrogen) atoms. The Hall–Kier alpha value is -3.20. The van der Waals surface area contributed by atoms with Crippen LogP contribution in [0.2, 0.25) is 5.02 Å². The summed E-state index contributed by atoms with van der Waals surface area (Å²) in [6, 6.07) is 14.6. The van der Waals surface area contributed by atoms with Crippen molar-refractivity contribution in [2.75, 3.05) is 43.9 Å². The normalized spacial score (nSPS) is 14.7. The molecule has 2 aromatic carbocycles. The molecule has 1 aliphatic rings. The first-order valence-electron chi connectivity index (χ1n) is 11.1. The van der Waals surface area contributed by atoms with Crippen molar-refractivity contribution in [3.63, 3.8) is 0 Å². The molecule has 1 aliphatic heterocycles.